The molecule has 1 fully saturated rings. The molecule has 3 atom stereocenters. The fraction of sp³-hybridized carbons (Fsp3) is 0.474. The van der Waals surface area contributed by atoms with Crippen LogP contribution in [0.15, 0.2) is 64.7 Å². The maximum absolute atomic E-state index is 15.0. The number of halogens is 3. The van der Waals surface area contributed by atoms with Crippen molar-refractivity contribution in [3.63, 3.8) is 0 Å². The van der Waals surface area contributed by atoms with E-state index in [2.05, 4.69) is 17.0 Å². The third kappa shape index (κ3) is 8.00. The largest absolute Gasteiger partial charge is 0.493 e. The molecule has 3 aliphatic rings. The van der Waals surface area contributed by atoms with Crippen molar-refractivity contribution < 1.29 is 14.3 Å². The minimum Gasteiger partial charge on any atom is -0.493 e. The van der Waals surface area contributed by atoms with Crippen LogP contribution < -0.4 is 4.74 Å². The zero-order valence-electron chi connectivity index (χ0n) is 29.5. The molecular formula is C38H45Cl3N6O3. The van der Waals surface area contributed by atoms with Gasteiger partial charge in [-0.1, -0.05) is 59.1 Å². The first-order valence-electron chi connectivity index (χ1n) is 17.1. The number of rotatable bonds is 9. The van der Waals surface area contributed by atoms with E-state index in [0.717, 1.165) is 5.56 Å². The van der Waals surface area contributed by atoms with Gasteiger partial charge in [-0.2, -0.15) is 5.26 Å². The molecule has 0 N–H and O–H groups in total. The first-order chi connectivity index (χ1) is 23.7. The molecule has 1 saturated heterocycles. The van der Waals surface area contributed by atoms with E-state index in [1.807, 2.05) is 69.1 Å². The second kappa shape index (κ2) is 15.8. The Balaban J connectivity index is 1.59. The topological polar surface area (TPSA) is 92.5 Å². The molecule has 50 heavy (non-hydrogen) atoms. The van der Waals surface area contributed by atoms with Crippen molar-refractivity contribution in [2.24, 2.45) is 10.9 Å². The lowest BCUT2D eigenvalue weighted by Crippen LogP contribution is -2.55. The van der Waals surface area contributed by atoms with Gasteiger partial charge in [0.25, 0.3) is 0 Å². The van der Waals surface area contributed by atoms with Crippen molar-refractivity contribution >= 4 is 52.6 Å². The van der Waals surface area contributed by atoms with Crippen LogP contribution in [0.2, 0.25) is 10.0 Å². The van der Waals surface area contributed by atoms with E-state index in [4.69, 9.17) is 44.5 Å². The summed E-state index contributed by atoms with van der Waals surface area (Å²) >= 11 is 19.6. The number of carbonyl (C=O) groups excluding carboxylic acids is 2. The second-order valence-corrected chi connectivity index (χ2v) is 15.1. The second-order valence-electron chi connectivity index (χ2n) is 13.8. The summed E-state index contributed by atoms with van der Waals surface area (Å²) in [5, 5.41) is 11.6. The molecule has 1 unspecified atom stereocenters. The minimum absolute atomic E-state index is 0.0532. The van der Waals surface area contributed by atoms with E-state index in [-0.39, 0.29) is 29.9 Å². The number of benzene rings is 2. The number of hydrogen-bond donors (Lipinski definition) is 0. The van der Waals surface area contributed by atoms with E-state index in [1.54, 1.807) is 35.8 Å². The molecule has 0 radical (unpaired) electrons. The predicted octanol–water partition coefficient (Wildman–Crippen LogP) is 7.67. The van der Waals surface area contributed by atoms with Crippen LogP contribution in [0.3, 0.4) is 0 Å². The van der Waals surface area contributed by atoms with Crippen LogP contribution in [0.5, 0.6) is 5.75 Å². The number of amidine groups is 1. The standard InChI is InChI=1S/C38H45Cl3N6O3/c1-7-50-32-21-30(38(4,5)23-42)31(41)20-29(32)36-43-34(25-8-12-27(39)13-9-25)35(26-10-14-28(40)15-11-26)47(36)37(49)46-18-16-45(17-19-46)22-33(48)44(6)24(2)3/h8,10-15,20-21,24-25,34-35H,7,9,16-19,22H2,1-6H3/t25?,34-,35+/m0/s1. The zero-order chi connectivity index (χ0) is 36.3. The molecule has 0 spiro atoms. The summed E-state index contributed by atoms with van der Waals surface area (Å²) in [5.41, 5.74) is 1.19. The highest BCUT2D eigenvalue weighted by atomic mass is 35.5. The smallest absolute Gasteiger partial charge is 0.326 e. The summed E-state index contributed by atoms with van der Waals surface area (Å²) in [6.07, 6.45) is 6.56. The molecule has 1 aliphatic carbocycles. The molecule has 2 aliphatic heterocycles. The fourth-order valence-corrected chi connectivity index (χ4v) is 7.24. The highest BCUT2D eigenvalue weighted by molar-refractivity contribution is 6.32. The maximum atomic E-state index is 15.0. The number of ether oxygens (including phenoxy) is 1. The third-order valence-electron chi connectivity index (χ3n) is 9.78. The number of amides is 3. The lowest BCUT2D eigenvalue weighted by molar-refractivity contribution is -0.132. The molecule has 2 heterocycles. The van der Waals surface area contributed by atoms with Crippen molar-refractivity contribution in [1.29, 1.82) is 5.26 Å². The SMILES string of the molecule is CCOc1cc(C(C)(C)C#N)c(Cl)cc1C1=N[C@@H](C2C=CC(Cl)=CC2)[C@@H](c2ccc(Cl)cc2)N1C(=O)N1CCN(CC(=O)N(C)C(C)C)CC1. The Hall–Kier alpha value is -3.55. The first kappa shape index (κ1) is 37.7. The van der Waals surface area contributed by atoms with Crippen LogP contribution >= 0.6 is 34.8 Å². The molecule has 2 aromatic rings. The van der Waals surface area contributed by atoms with Gasteiger partial charge in [0.15, 0.2) is 0 Å². The molecule has 0 saturated carbocycles. The van der Waals surface area contributed by atoms with Crippen LogP contribution in [0.4, 0.5) is 4.79 Å². The molecule has 0 bridgehead atoms. The van der Waals surface area contributed by atoms with Gasteiger partial charge in [-0.3, -0.25) is 19.6 Å². The van der Waals surface area contributed by atoms with E-state index in [9.17, 15) is 14.9 Å². The first-order valence-corrected chi connectivity index (χ1v) is 18.2. The lowest BCUT2D eigenvalue weighted by atomic mass is 9.85. The predicted molar refractivity (Wildman–Crippen MR) is 200 cm³/mol. The van der Waals surface area contributed by atoms with Gasteiger partial charge in [0, 0.05) is 60.3 Å². The normalized spacial score (nSPS) is 21.2. The summed E-state index contributed by atoms with van der Waals surface area (Å²) in [7, 11) is 1.82. The van der Waals surface area contributed by atoms with Crippen molar-refractivity contribution in [3.8, 4) is 11.8 Å². The number of urea groups is 1. The molecular weight excluding hydrogens is 695 g/mol. The molecule has 2 aromatic carbocycles. The Morgan fingerprint density at radius 2 is 1.78 bits per heavy atom. The van der Waals surface area contributed by atoms with E-state index >= 15 is 0 Å². The van der Waals surface area contributed by atoms with Crippen LogP contribution in [0.25, 0.3) is 0 Å². The number of piperazine rings is 1. The van der Waals surface area contributed by atoms with Gasteiger partial charge in [0.2, 0.25) is 5.91 Å². The molecule has 3 amide bonds. The molecule has 266 valence electrons. The van der Waals surface area contributed by atoms with Crippen molar-refractivity contribution in [3.05, 3.63) is 86.4 Å². The Bertz CT molecular complexity index is 1720. The van der Waals surface area contributed by atoms with Gasteiger partial charge < -0.3 is 14.5 Å². The highest BCUT2D eigenvalue weighted by Crippen LogP contribution is 2.44. The van der Waals surface area contributed by atoms with Crippen LogP contribution in [-0.2, 0) is 10.2 Å². The maximum Gasteiger partial charge on any atom is 0.326 e. The fourth-order valence-electron chi connectivity index (χ4n) is 6.55. The molecule has 0 aromatic heterocycles. The number of hydrogen-bond acceptors (Lipinski definition) is 6. The number of carbonyl (C=O) groups is 2. The number of nitriles is 1. The van der Waals surface area contributed by atoms with Crippen LogP contribution in [-0.4, -0.2) is 95.8 Å². The van der Waals surface area contributed by atoms with Crippen molar-refractivity contribution in [2.75, 3.05) is 46.4 Å². The number of allylic oxidation sites excluding steroid dienone is 3. The van der Waals surface area contributed by atoms with Crippen molar-refractivity contribution in [1.82, 2.24) is 19.6 Å². The Kier molecular flexibility index (Phi) is 11.9. The van der Waals surface area contributed by atoms with E-state index in [1.165, 1.54) is 0 Å². The average molecular weight is 740 g/mol. The minimum atomic E-state index is -0.883. The summed E-state index contributed by atoms with van der Waals surface area (Å²) < 4.78 is 6.20. The van der Waals surface area contributed by atoms with Crippen molar-refractivity contribution in [2.45, 2.75) is 64.6 Å². The number of aliphatic imine (C=N–C) groups is 1. The van der Waals surface area contributed by atoms with Gasteiger partial charge >= 0.3 is 6.03 Å². The summed E-state index contributed by atoms with van der Waals surface area (Å²) in [4.78, 5) is 40.6. The highest BCUT2D eigenvalue weighted by Gasteiger charge is 2.47. The Morgan fingerprint density at radius 3 is 2.36 bits per heavy atom. The Labute approximate surface area is 310 Å². The number of nitrogens with zero attached hydrogens (tertiary/aromatic N) is 6. The van der Waals surface area contributed by atoms with Crippen LogP contribution in [0.1, 0.15) is 63.8 Å². The monoisotopic (exact) mass is 738 g/mol. The number of likely N-dealkylation sites (N-methyl/N-ethyl adjacent to an activating group) is 1. The van der Waals surface area contributed by atoms with Gasteiger partial charge in [0.05, 0.1) is 42.3 Å². The third-order valence-corrected chi connectivity index (χ3v) is 10.6. The lowest BCUT2D eigenvalue weighted by Gasteiger charge is -2.39. The quantitative estimate of drug-likeness (QED) is 0.263. The van der Waals surface area contributed by atoms with Gasteiger partial charge in [-0.15, -0.1) is 0 Å². The van der Waals surface area contributed by atoms with E-state index < -0.39 is 11.5 Å². The molecule has 9 nitrogen and oxygen atoms in total. The van der Waals surface area contributed by atoms with Gasteiger partial charge in [-0.25, -0.2) is 4.79 Å². The van der Waals surface area contributed by atoms with Gasteiger partial charge in [-0.05, 0) is 82.5 Å². The summed E-state index contributed by atoms with van der Waals surface area (Å²) in [6, 6.07) is 12.5. The summed E-state index contributed by atoms with van der Waals surface area (Å²) in [5.74, 6) is 0.922. The average Bonchev–Trinajstić information content (AvgIpc) is 3.49. The zero-order valence-corrected chi connectivity index (χ0v) is 31.8. The van der Waals surface area contributed by atoms with Gasteiger partial charge in [0.1, 0.15) is 11.6 Å². The Morgan fingerprint density at radius 1 is 1.10 bits per heavy atom. The van der Waals surface area contributed by atoms with Crippen LogP contribution in [0, 0.1) is 17.2 Å². The molecule has 12 heteroatoms. The van der Waals surface area contributed by atoms with E-state index in [0.29, 0.717) is 83.5 Å². The summed E-state index contributed by atoms with van der Waals surface area (Å²) in [6.45, 7) is 12.1. The molecule has 5 rings (SSSR count).